The van der Waals surface area contributed by atoms with E-state index >= 15 is 0 Å². The van der Waals surface area contributed by atoms with Crippen molar-refractivity contribution in [2.75, 3.05) is 0 Å². The molecular formula is H13Na2O24P7. The molecule has 1 saturated heterocycles. The molecular weight excluding hydrogens is 647 g/mol. The van der Waals surface area contributed by atoms with E-state index in [1.54, 1.807) is 0 Å². The molecule has 1 rings (SSSR count). The fourth-order valence-electron chi connectivity index (χ4n) is 0.872. The molecule has 0 aliphatic carbocycles. The monoisotopic (exact) mass is 660 g/mol. The van der Waals surface area contributed by atoms with Gasteiger partial charge < -0.3 is 55.0 Å². The van der Waals surface area contributed by atoms with Gasteiger partial charge in [0.05, 0.1) is 0 Å². The Kier molecular flexibility index (Phi) is 21.5. The summed E-state index contributed by atoms with van der Waals surface area (Å²) in [5.74, 6) is 0. The van der Waals surface area contributed by atoms with Crippen LogP contribution in [0, 0.1) is 0 Å². The summed E-state index contributed by atoms with van der Waals surface area (Å²) in [5, 5.41) is 0. The molecule has 1 aliphatic heterocycles. The van der Waals surface area contributed by atoms with Crippen LogP contribution in [-0.4, -0.2) is 79.7 Å². The maximum atomic E-state index is 11.2. The Morgan fingerprint density at radius 3 is 0.636 bits per heavy atom. The normalized spacial score (nSPS) is 42.0. The van der Waals surface area contributed by atoms with Crippen LogP contribution in [-0.2, 0) is 57.8 Å². The van der Waals surface area contributed by atoms with Crippen molar-refractivity contribution in [1.82, 2.24) is 0 Å². The van der Waals surface area contributed by atoms with Crippen molar-refractivity contribution in [1.29, 1.82) is 0 Å². The summed E-state index contributed by atoms with van der Waals surface area (Å²) >= 11 is 0. The van der Waals surface area contributed by atoms with Gasteiger partial charge in [-0.3, -0.25) is 4.57 Å². The number of hydrogen-bond donors (Lipinski definition) is 8. The molecule has 0 bridgehead atoms. The molecule has 0 aromatic heterocycles. The third-order valence-corrected chi connectivity index (χ3v) is 11.1. The fraction of sp³-hybridized carbons (Fsp3) is 0. The Morgan fingerprint density at radius 1 is 0.515 bits per heavy atom. The summed E-state index contributed by atoms with van der Waals surface area (Å²) in [6.45, 7) is 0. The van der Waals surface area contributed by atoms with Crippen molar-refractivity contribution in [2.24, 2.45) is 0 Å². The summed E-state index contributed by atoms with van der Waals surface area (Å²) in [5.41, 5.74) is 0. The summed E-state index contributed by atoms with van der Waals surface area (Å²) in [6.07, 6.45) is 0. The first-order valence-electron chi connectivity index (χ1n) is 5.25. The second-order valence-corrected chi connectivity index (χ2v) is 14.3. The molecule has 0 amide bonds. The topological polar surface area (TPSA) is 423 Å². The van der Waals surface area contributed by atoms with Gasteiger partial charge in [-0.25, -0.2) is 27.4 Å². The van der Waals surface area contributed by atoms with Crippen LogP contribution in [0.5, 0.6) is 0 Å². The first-order chi connectivity index (χ1) is 12.2. The van der Waals surface area contributed by atoms with Gasteiger partial charge in [-0.1, -0.05) is 0 Å². The molecule has 0 unspecified atom stereocenters. The number of hydrogen-bond acceptors (Lipinski definition) is 14. The summed E-state index contributed by atoms with van der Waals surface area (Å²) in [6, 6.07) is 0. The molecule has 0 aromatic rings. The molecule has 0 atom stereocenters. The van der Waals surface area contributed by atoms with Gasteiger partial charge in [0.2, 0.25) is 0 Å². The van der Waals surface area contributed by atoms with E-state index in [9.17, 15) is 27.4 Å². The van der Waals surface area contributed by atoms with Gasteiger partial charge in [-0.2, -0.15) is 25.9 Å². The van der Waals surface area contributed by atoms with Crippen molar-refractivity contribution >= 4 is 84.3 Å². The van der Waals surface area contributed by atoms with E-state index in [1.165, 1.54) is 0 Å². The third kappa shape index (κ3) is 25.0. The quantitative estimate of drug-likeness (QED) is 0.0885. The van der Waals surface area contributed by atoms with Crippen molar-refractivity contribution in [2.45, 2.75) is 0 Å². The van der Waals surface area contributed by atoms with Crippen molar-refractivity contribution in [3.05, 3.63) is 0 Å². The molecule has 0 saturated carbocycles. The average Bonchev–Trinajstić information content (AvgIpc) is 2.10. The first kappa shape index (κ1) is 45.8. The molecule has 0 aromatic carbocycles. The molecule has 33 heavy (non-hydrogen) atoms. The second kappa shape index (κ2) is 15.5. The maximum absolute atomic E-state index is 11.2. The van der Waals surface area contributed by atoms with Crippen LogP contribution in [0.15, 0.2) is 0 Å². The molecule has 0 radical (unpaired) electrons. The number of rotatable bonds is 0. The molecule has 0 spiro atoms. The van der Waals surface area contributed by atoms with Gasteiger partial charge in [0.1, 0.15) is 0 Å². The standard InChI is InChI=1S/2Na.H6O18P6.H3O4P.2H2O.H/c;;1-19(2)13-20(3,4)15-22(7,8)17-24(11,12)18-23(9,10)16-21(5,6)14-19;1-5(2,3)4;;;/h;;(H,1,2)(H,3,4)(H,5,6)(H,7,8)(H,9,10)(H,11,12);(H3,1,2,3,4);2*1H2;/q;+1;;;;;/p-1. The molecule has 24 nitrogen and oxygen atoms in total. The Labute approximate surface area is 225 Å². The summed E-state index contributed by atoms with van der Waals surface area (Å²) in [4.78, 5) is 76.5. The van der Waals surface area contributed by atoms with Gasteiger partial charge in [-0.05, 0) is 0 Å². The molecule has 194 valence electrons. The van der Waals surface area contributed by atoms with E-state index in [4.69, 9.17) is 48.6 Å². The molecule has 12 N–H and O–H groups in total. The van der Waals surface area contributed by atoms with Crippen LogP contribution in [0.2, 0.25) is 0 Å². The zero-order chi connectivity index (χ0) is 23.7. The van der Waals surface area contributed by atoms with Gasteiger partial charge in [0, 0.05) is 0 Å². The van der Waals surface area contributed by atoms with Gasteiger partial charge in [0.15, 0.2) is 0 Å². The predicted octanol–water partition coefficient (Wildman–Crippen LogP) is -6.15. The Balaban J connectivity index is -0.000000262. The summed E-state index contributed by atoms with van der Waals surface area (Å²) < 4.78 is 95.7. The molecule has 1 aliphatic rings. The van der Waals surface area contributed by atoms with Crippen LogP contribution < -0.4 is 34.5 Å². The van der Waals surface area contributed by atoms with Crippen LogP contribution in [0.3, 0.4) is 0 Å². The van der Waals surface area contributed by atoms with Gasteiger partial charge in [0.25, 0.3) is 7.82 Å². The number of phosphoric acid groups is 7. The van der Waals surface area contributed by atoms with Crippen molar-refractivity contribution < 1.29 is 142 Å². The van der Waals surface area contributed by atoms with Crippen molar-refractivity contribution in [3.63, 3.8) is 0 Å². The van der Waals surface area contributed by atoms with Crippen LogP contribution in [0.1, 0.15) is 0 Å². The fourth-order valence-corrected chi connectivity index (χ4v) is 9.46. The SMILES string of the molecule is O.O.O=P([O-])(O)O.O=P1(O)OP(=O)(O)OP(=O)(O)OP(=O)(O)OP(=O)(O)OP(=O)(O)O1.[Na+].[NaH]. The molecule has 33 heteroatoms. The van der Waals surface area contributed by atoms with Crippen LogP contribution >= 0.6 is 54.8 Å². The van der Waals surface area contributed by atoms with Crippen LogP contribution in [0.25, 0.3) is 0 Å². The van der Waals surface area contributed by atoms with E-state index in [2.05, 4.69) is 25.9 Å². The van der Waals surface area contributed by atoms with Crippen LogP contribution in [0.4, 0.5) is 0 Å². The van der Waals surface area contributed by atoms with E-state index in [0.717, 1.165) is 0 Å². The average molecular weight is 660 g/mol. The predicted molar refractivity (Wildman–Crippen MR) is 91.9 cm³/mol. The first-order valence-corrected chi connectivity index (χ1v) is 15.8. The molecule has 1 fully saturated rings. The second-order valence-electron chi connectivity index (χ2n) is 3.79. The van der Waals surface area contributed by atoms with E-state index < -0.39 is 54.8 Å². The minimum atomic E-state index is -6.11. The molecule has 1 heterocycles. The van der Waals surface area contributed by atoms with Gasteiger partial charge in [-0.15, -0.1) is 0 Å². The van der Waals surface area contributed by atoms with Crippen molar-refractivity contribution in [3.8, 4) is 0 Å². The zero-order valence-electron chi connectivity index (χ0n) is 14.4. The third-order valence-electron chi connectivity index (χ3n) is 1.24. The summed E-state index contributed by atoms with van der Waals surface area (Å²) in [7, 11) is -41.5. The van der Waals surface area contributed by atoms with Gasteiger partial charge >= 0.3 is 106 Å². The Morgan fingerprint density at radius 2 is 0.576 bits per heavy atom. The van der Waals surface area contributed by atoms with E-state index in [1.807, 2.05) is 0 Å². The minimum absolute atomic E-state index is 0. The Bertz CT molecular complexity index is 722. The Hall–Kier alpha value is 2.93. The zero-order valence-corrected chi connectivity index (χ0v) is 22.7. The van der Waals surface area contributed by atoms with E-state index in [-0.39, 0.29) is 70.1 Å². The van der Waals surface area contributed by atoms with E-state index in [0.29, 0.717) is 0 Å².